The molecule has 1 atom stereocenters. The molecule has 1 heterocycles. The van der Waals surface area contributed by atoms with Gasteiger partial charge in [0.05, 0.1) is 6.10 Å². The highest BCUT2D eigenvalue weighted by atomic mass is 16.3. The second kappa shape index (κ2) is 7.13. The largest absolute Gasteiger partial charge is 0.466 e. The van der Waals surface area contributed by atoms with E-state index in [1.165, 1.54) is 0 Å². The molecule has 1 aromatic carbocycles. The molecule has 3 N–H and O–H groups in total. The highest BCUT2D eigenvalue weighted by Crippen LogP contribution is 2.23. The summed E-state index contributed by atoms with van der Waals surface area (Å²) in [6, 6.07) is 9.13. The smallest absolute Gasteiger partial charge is 0.319 e. The van der Waals surface area contributed by atoms with E-state index in [0.717, 1.165) is 28.3 Å². The van der Waals surface area contributed by atoms with Gasteiger partial charge < -0.3 is 20.2 Å². The molecule has 5 nitrogen and oxygen atoms in total. The molecule has 118 valence electrons. The van der Waals surface area contributed by atoms with E-state index < -0.39 is 6.10 Å². The average molecular weight is 302 g/mol. The zero-order chi connectivity index (χ0) is 16.1. The fourth-order valence-corrected chi connectivity index (χ4v) is 2.34. The molecular weight excluding hydrogens is 280 g/mol. The van der Waals surface area contributed by atoms with Crippen molar-refractivity contribution in [2.75, 3.05) is 11.9 Å². The van der Waals surface area contributed by atoms with Gasteiger partial charge in [-0.2, -0.15) is 0 Å². The molecule has 0 spiro atoms. The van der Waals surface area contributed by atoms with E-state index in [4.69, 9.17) is 4.42 Å². The maximum absolute atomic E-state index is 11.8. The van der Waals surface area contributed by atoms with Crippen LogP contribution in [0.25, 0.3) is 0 Å². The Kier molecular flexibility index (Phi) is 5.22. The van der Waals surface area contributed by atoms with E-state index in [2.05, 4.69) is 10.6 Å². The van der Waals surface area contributed by atoms with E-state index in [0.29, 0.717) is 13.0 Å². The van der Waals surface area contributed by atoms with Gasteiger partial charge in [-0.1, -0.05) is 18.2 Å². The molecule has 0 aliphatic rings. The van der Waals surface area contributed by atoms with Gasteiger partial charge in [-0.15, -0.1) is 0 Å². The lowest BCUT2D eigenvalue weighted by Gasteiger charge is -2.12. The Morgan fingerprint density at radius 1 is 1.27 bits per heavy atom. The number of amides is 2. The van der Waals surface area contributed by atoms with Crippen LogP contribution in [0.2, 0.25) is 0 Å². The first-order chi connectivity index (χ1) is 10.5. The minimum atomic E-state index is -0.642. The third-order valence-corrected chi connectivity index (χ3v) is 3.53. The fraction of sp³-hybridized carbons (Fsp3) is 0.353. The second-order valence-electron chi connectivity index (χ2n) is 5.37. The molecular formula is C17H22N2O3. The van der Waals surface area contributed by atoms with Crippen LogP contribution in [0.3, 0.4) is 0 Å². The lowest BCUT2D eigenvalue weighted by atomic mass is 10.1. The zero-order valence-electron chi connectivity index (χ0n) is 13.1. The highest BCUT2D eigenvalue weighted by Gasteiger charge is 2.14. The van der Waals surface area contributed by atoms with Crippen LogP contribution in [0.4, 0.5) is 10.5 Å². The van der Waals surface area contributed by atoms with Gasteiger partial charge in [-0.05, 0) is 44.9 Å². The van der Waals surface area contributed by atoms with Gasteiger partial charge in [0.15, 0.2) is 0 Å². The molecule has 1 aromatic heterocycles. The molecule has 0 bridgehead atoms. The molecule has 1 unspecified atom stereocenters. The third kappa shape index (κ3) is 4.11. The Morgan fingerprint density at radius 3 is 2.64 bits per heavy atom. The number of aliphatic hydroxyl groups excluding tert-OH is 1. The van der Waals surface area contributed by atoms with Crippen molar-refractivity contribution in [3.05, 3.63) is 53.0 Å². The number of hydrogen-bond donors (Lipinski definition) is 3. The van der Waals surface area contributed by atoms with Gasteiger partial charge in [0.2, 0.25) is 0 Å². The lowest BCUT2D eigenvalue weighted by Crippen LogP contribution is -2.30. The Hall–Kier alpha value is -2.27. The zero-order valence-corrected chi connectivity index (χ0v) is 13.1. The third-order valence-electron chi connectivity index (χ3n) is 3.53. The summed E-state index contributed by atoms with van der Waals surface area (Å²) in [4.78, 5) is 11.8. The SMILES string of the molecule is Cc1cc(C(O)CCNC(=O)Nc2ccccc2C)c(C)o1. The minimum absolute atomic E-state index is 0.276. The monoisotopic (exact) mass is 302 g/mol. The number of aliphatic hydroxyl groups is 1. The number of rotatable bonds is 5. The van der Waals surface area contributed by atoms with Crippen LogP contribution in [-0.4, -0.2) is 17.7 Å². The van der Waals surface area contributed by atoms with Crippen molar-refractivity contribution in [1.29, 1.82) is 0 Å². The molecule has 0 radical (unpaired) electrons. The topological polar surface area (TPSA) is 74.5 Å². The number of carbonyl (C=O) groups is 1. The van der Waals surface area contributed by atoms with E-state index >= 15 is 0 Å². The van der Waals surface area contributed by atoms with E-state index in [-0.39, 0.29) is 6.03 Å². The van der Waals surface area contributed by atoms with Crippen LogP contribution in [-0.2, 0) is 0 Å². The van der Waals surface area contributed by atoms with Crippen molar-refractivity contribution >= 4 is 11.7 Å². The van der Waals surface area contributed by atoms with Crippen LogP contribution in [0.15, 0.2) is 34.7 Å². The van der Waals surface area contributed by atoms with Gasteiger partial charge >= 0.3 is 6.03 Å². The quantitative estimate of drug-likeness (QED) is 0.792. The molecule has 2 aromatic rings. The predicted molar refractivity (Wildman–Crippen MR) is 86.0 cm³/mol. The molecule has 0 saturated heterocycles. The number of urea groups is 1. The van der Waals surface area contributed by atoms with E-state index in [9.17, 15) is 9.90 Å². The molecule has 0 fully saturated rings. The summed E-state index contributed by atoms with van der Waals surface area (Å²) >= 11 is 0. The number of carbonyl (C=O) groups excluding carboxylic acids is 1. The van der Waals surface area contributed by atoms with Crippen LogP contribution in [0.1, 0.15) is 35.2 Å². The Bertz CT molecular complexity index is 649. The van der Waals surface area contributed by atoms with E-state index in [1.54, 1.807) is 0 Å². The average Bonchev–Trinajstić information content (AvgIpc) is 2.80. The second-order valence-corrected chi connectivity index (χ2v) is 5.37. The minimum Gasteiger partial charge on any atom is -0.466 e. The summed E-state index contributed by atoms with van der Waals surface area (Å²) in [6.07, 6.45) is -0.211. The lowest BCUT2D eigenvalue weighted by molar-refractivity contribution is 0.165. The number of benzene rings is 1. The van der Waals surface area contributed by atoms with Crippen LogP contribution in [0.5, 0.6) is 0 Å². The van der Waals surface area contributed by atoms with Gasteiger partial charge in [0.1, 0.15) is 11.5 Å². The van der Waals surface area contributed by atoms with Crippen molar-refractivity contribution in [3.63, 3.8) is 0 Å². The fourth-order valence-electron chi connectivity index (χ4n) is 2.34. The number of furan rings is 1. The first-order valence-corrected chi connectivity index (χ1v) is 7.33. The summed E-state index contributed by atoms with van der Waals surface area (Å²) in [6.45, 7) is 5.98. The van der Waals surface area contributed by atoms with Crippen LogP contribution < -0.4 is 10.6 Å². The number of aryl methyl sites for hydroxylation is 3. The van der Waals surface area contributed by atoms with E-state index in [1.807, 2.05) is 51.1 Å². The first kappa shape index (κ1) is 16.1. The van der Waals surface area contributed by atoms with Gasteiger partial charge in [0, 0.05) is 17.8 Å². The van der Waals surface area contributed by atoms with Crippen LogP contribution >= 0.6 is 0 Å². The molecule has 5 heteroatoms. The summed E-state index contributed by atoms with van der Waals surface area (Å²) in [5.74, 6) is 1.49. The molecule has 2 amide bonds. The van der Waals surface area contributed by atoms with Crippen molar-refractivity contribution < 1.29 is 14.3 Å². The molecule has 0 saturated carbocycles. The van der Waals surface area contributed by atoms with Crippen LogP contribution in [0, 0.1) is 20.8 Å². The summed E-state index contributed by atoms with van der Waals surface area (Å²) in [7, 11) is 0. The number of anilines is 1. The van der Waals surface area contributed by atoms with Crippen molar-refractivity contribution in [2.45, 2.75) is 33.3 Å². The molecule has 2 rings (SSSR count). The maximum atomic E-state index is 11.8. The standard InChI is InChI=1S/C17H22N2O3/c1-11-6-4-5-7-15(11)19-17(21)18-9-8-16(20)14-10-12(2)22-13(14)3/h4-7,10,16,20H,8-9H2,1-3H3,(H2,18,19,21). The highest BCUT2D eigenvalue weighted by molar-refractivity contribution is 5.89. The molecule has 22 heavy (non-hydrogen) atoms. The predicted octanol–water partition coefficient (Wildman–Crippen LogP) is 3.45. The summed E-state index contributed by atoms with van der Waals surface area (Å²) in [5, 5.41) is 15.7. The Morgan fingerprint density at radius 2 is 2.00 bits per heavy atom. The van der Waals surface area contributed by atoms with Gasteiger partial charge in [-0.25, -0.2) is 4.79 Å². The normalized spacial score (nSPS) is 12.0. The number of nitrogens with one attached hydrogen (secondary N) is 2. The molecule has 0 aliphatic carbocycles. The van der Waals surface area contributed by atoms with Crippen molar-refractivity contribution in [2.24, 2.45) is 0 Å². The maximum Gasteiger partial charge on any atom is 0.319 e. The number of hydrogen-bond acceptors (Lipinski definition) is 3. The first-order valence-electron chi connectivity index (χ1n) is 7.33. The summed E-state index contributed by atoms with van der Waals surface area (Å²) < 4.78 is 5.40. The summed E-state index contributed by atoms with van der Waals surface area (Å²) in [5.41, 5.74) is 2.56. The van der Waals surface area contributed by atoms with Crippen molar-refractivity contribution in [3.8, 4) is 0 Å². The van der Waals surface area contributed by atoms with Crippen molar-refractivity contribution in [1.82, 2.24) is 5.32 Å². The number of para-hydroxylation sites is 1. The Balaban J connectivity index is 1.80. The van der Waals surface area contributed by atoms with Gasteiger partial charge in [-0.3, -0.25) is 0 Å². The van der Waals surface area contributed by atoms with Gasteiger partial charge in [0.25, 0.3) is 0 Å². The Labute approximate surface area is 130 Å². The molecule has 0 aliphatic heterocycles.